The molecule has 0 atom stereocenters. The second-order valence-corrected chi connectivity index (χ2v) is 10.4. The number of piperazine rings is 1. The van der Waals surface area contributed by atoms with Gasteiger partial charge >= 0.3 is 23.9 Å². The van der Waals surface area contributed by atoms with E-state index in [1.807, 2.05) is 17.8 Å². The molecule has 228 valence electrons. The van der Waals surface area contributed by atoms with Gasteiger partial charge in [0.15, 0.2) is 0 Å². The first kappa shape index (κ1) is 36.5. The Kier molecular flexibility index (Phi) is 16.3. The fourth-order valence-corrected chi connectivity index (χ4v) is 5.09. The molecule has 2 aromatic carbocycles. The van der Waals surface area contributed by atoms with Crippen LogP contribution < -0.4 is 4.90 Å². The number of likely N-dealkylation sites (N-methyl/N-ethyl adjacent to an activating group) is 1. The molecular weight excluding hydrogens is 609 g/mol. The third-order valence-corrected chi connectivity index (χ3v) is 7.14. The van der Waals surface area contributed by atoms with Crippen LogP contribution in [0.1, 0.15) is 6.42 Å². The highest BCUT2D eigenvalue weighted by atomic mass is 35.5. The van der Waals surface area contributed by atoms with Crippen molar-refractivity contribution < 1.29 is 39.6 Å². The number of carboxylic acid groups (broad SMARTS) is 4. The Morgan fingerprint density at radius 2 is 1.26 bits per heavy atom. The van der Waals surface area contributed by atoms with Gasteiger partial charge in [-0.15, -0.1) is 12.4 Å². The summed E-state index contributed by atoms with van der Waals surface area (Å²) in [5.41, 5.74) is 2.55. The summed E-state index contributed by atoms with van der Waals surface area (Å²) in [7, 11) is 2.21. The largest absolute Gasteiger partial charge is 0.478 e. The summed E-state index contributed by atoms with van der Waals surface area (Å²) >= 11 is 8.13. The molecule has 1 saturated heterocycles. The van der Waals surface area contributed by atoms with Gasteiger partial charge in [-0.3, -0.25) is 0 Å². The zero-order valence-electron chi connectivity index (χ0n) is 22.8. The van der Waals surface area contributed by atoms with E-state index in [1.165, 1.54) is 47.3 Å². The Bertz CT molecular complexity index is 1220. The monoisotopic (exact) mass is 641 g/mol. The van der Waals surface area contributed by atoms with Gasteiger partial charge in [-0.25, -0.2) is 19.2 Å². The van der Waals surface area contributed by atoms with Crippen molar-refractivity contribution in [2.45, 2.75) is 16.2 Å². The van der Waals surface area contributed by atoms with Gasteiger partial charge in [-0.1, -0.05) is 35.5 Å². The normalized spacial score (nSPS) is 14.4. The Hall–Kier alpha value is -3.55. The molecule has 2 aliphatic rings. The first-order valence-electron chi connectivity index (χ1n) is 12.5. The number of nitrogens with zero attached hydrogens (tertiary/aromatic N) is 3. The molecule has 42 heavy (non-hydrogen) atoms. The molecular formula is C28H33Cl2N3O8S. The maximum atomic E-state index is 9.55. The molecule has 0 saturated carbocycles. The van der Waals surface area contributed by atoms with Crippen LogP contribution in [-0.4, -0.2) is 100 Å². The number of rotatable bonds is 8. The molecule has 14 heteroatoms. The van der Waals surface area contributed by atoms with Crippen molar-refractivity contribution in [2.24, 2.45) is 0 Å². The third kappa shape index (κ3) is 13.4. The number of hydrogen-bond donors (Lipinski definition) is 4. The highest BCUT2D eigenvalue weighted by Crippen LogP contribution is 2.48. The summed E-state index contributed by atoms with van der Waals surface area (Å²) in [6, 6.07) is 14.9. The number of para-hydroxylation sites is 1. The van der Waals surface area contributed by atoms with Gasteiger partial charge < -0.3 is 35.1 Å². The number of halogens is 2. The first-order chi connectivity index (χ1) is 19.5. The zero-order valence-corrected chi connectivity index (χ0v) is 25.1. The van der Waals surface area contributed by atoms with Crippen LogP contribution in [0.4, 0.5) is 11.4 Å². The van der Waals surface area contributed by atoms with Crippen molar-refractivity contribution in [2.75, 3.05) is 51.2 Å². The predicted molar refractivity (Wildman–Crippen MR) is 164 cm³/mol. The van der Waals surface area contributed by atoms with Crippen LogP contribution in [0.25, 0.3) is 0 Å². The first-order valence-corrected chi connectivity index (χ1v) is 13.7. The molecule has 4 rings (SSSR count). The van der Waals surface area contributed by atoms with E-state index in [2.05, 4.69) is 58.1 Å². The van der Waals surface area contributed by atoms with Gasteiger partial charge in [0.2, 0.25) is 0 Å². The number of aliphatic carboxylic acids is 4. The molecule has 0 unspecified atom stereocenters. The average Bonchev–Trinajstić information content (AvgIpc) is 2.92. The molecule has 11 nitrogen and oxygen atoms in total. The second-order valence-electron chi connectivity index (χ2n) is 8.85. The van der Waals surface area contributed by atoms with Gasteiger partial charge in [-0.05, 0) is 50.3 Å². The van der Waals surface area contributed by atoms with Crippen LogP contribution in [-0.2, 0) is 19.2 Å². The summed E-state index contributed by atoms with van der Waals surface area (Å²) < 4.78 is 0. The lowest BCUT2D eigenvalue weighted by atomic mass is 10.2. The minimum Gasteiger partial charge on any atom is -0.478 e. The predicted octanol–water partition coefficient (Wildman–Crippen LogP) is 4.43. The third-order valence-electron chi connectivity index (χ3n) is 5.78. The number of carboxylic acids is 4. The van der Waals surface area contributed by atoms with E-state index in [0.29, 0.717) is 24.3 Å². The van der Waals surface area contributed by atoms with Crippen LogP contribution in [0, 0.1) is 0 Å². The molecule has 0 radical (unpaired) electrons. The SMILES string of the molecule is CN1CCN(CCCN2c3ccccc3Sc3ccc(Cl)cc32)CC1.Cl.O=C(O)/C=C\C(=O)O.O=C(O)/C=C\C(=O)O. The van der Waals surface area contributed by atoms with Crippen molar-refractivity contribution in [3.63, 3.8) is 0 Å². The van der Waals surface area contributed by atoms with E-state index in [0.717, 1.165) is 24.5 Å². The van der Waals surface area contributed by atoms with Gasteiger partial charge in [0, 0.05) is 71.8 Å². The Labute approximate surface area is 259 Å². The quantitative estimate of drug-likeness (QED) is 0.301. The van der Waals surface area contributed by atoms with Gasteiger partial charge in [-0.2, -0.15) is 0 Å². The van der Waals surface area contributed by atoms with Gasteiger partial charge in [0.25, 0.3) is 0 Å². The van der Waals surface area contributed by atoms with E-state index < -0.39 is 23.9 Å². The van der Waals surface area contributed by atoms with E-state index in [9.17, 15) is 19.2 Å². The molecule has 0 spiro atoms. The van der Waals surface area contributed by atoms with Crippen molar-refractivity contribution in [3.05, 3.63) is 71.8 Å². The van der Waals surface area contributed by atoms with Crippen LogP contribution in [0.2, 0.25) is 5.02 Å². The number of anilines is 2. The number of benzene rings is 2. The average molecular weight is 643 g/mol. The zero-order chi connectivity index (χ0) is 30.4. The number of carbonyl (C=O) groups is 4. The lowest BCUT2D eigenvalue weighted by Gasteiger charge is -2.35. The molecule has 4 N–H and O–H groups in total. The summed E-state index contributed by atoms with van der Waals surface area (Å²) in [6.45, 7) is 6.92. The molecule has 0 aliphatic carbocycles. The Morgan fingerprint density at radius 1 is 0.762 bits per heavy atom. The molecule has 2 aliphatic heterocycles. The summed E-state index contributed by atoms with van der Waals surface area (Å²) in [5.74, 6) is -5.03. The maximum absolute atomic E-state index is 9.55. The van der Waals surface area contributed by atoms with Crippen molar-refractivity contribution in [1.82, 2.24) is 9.80 Å². The van der Waals surface area contributed by atoms with Crippen LogP contribution in [0.15, 0.2) is 76.6 Å². The highest BCUT2D eigenvalue weighted by Gasteiger charge is 2.23. The topological polar surface area (TPSA) is 159 Å². The molecule has 0 bridgehead atoms. The summed E-state index contributed by atoms with van der Waals surface area (Å²) in [4.78, 5) is 48.3. The van der Waals surface area contributed by atoms with E-state index in [-0.39, 0.29) is 12.4 Å². The minimum absolute atomic E-state index is 0. The Morgan fingerprint density at radius 3 is 1.79 bits per heavy atom. The van der Waals surface area contributed by atoms with Crippen molar-refractivity contribution in [3.8, 4) is 0 Å². The fraction of sp³-hybridized carbons (Fsp3) is 0.286. The van der Waals surface area contributed by atoms with Crippen molar-refractivity contribution in [1.29, 1.82) is 0 Å². The van der Waals surface area contributed by atoms with Crippen molar-refractivity contribution >= 4 is 71.0 Å². The molecule has 0 aromatic heterocycles. The molecule has 1 fully saturated rings. The smallest absolute Gasteiger partial charge is 0.328 e. The highest BCUT2D eigenvalue weighted by molar-refractivity contribution is 7.99. The molecule has 2 aromatic rings. The lowest BCUT2D eigenvalue weighted by molar-refractivity contribution is -0.134. The number of hydrogen-bond acceptors (Lipinski definition) is 8. The molecule has 0 amide bonds. The Balaban J connectivity index is 0.000000432. The number of fused-ring (bicyclic) bond motifs is 2. The lowest BCUT2D eigenvalue weighted by Crippen LogP contribution is -2.45. The van der Waals surface area contributed by atoms with Crippen LogP contribution in [0.5, 0.6) is 0 Å². The van der Waals surface area contributed by atoms with E-state index in [1.54, 1.807) is 0 Å². The summed E-state index contributed by atoms with van der Waals surface area (Å²) in [6.07, 6.45) is 3.39. The van der Waals surface area contributed by atoms with Gasteiger partial charge in [0.05, 0.1) is 11.4 Å². The van der Waals surface area contributed by atoms with E-state index >= 15 is 0 Å². The van der Waals surface area contributed by atoms with E-state index in [4.69, 9.17) is 32.0 Å². The van der Waals surface area contributed by atoms with Crippen LogP contribution in [0.3, 0.4) is 0 Å². The van der Waals surface area contributed by atoms with Gasteiger partial charge in [0.1, 0.15) is 0 Å². The fourth-order valence-electron chi connectivity index (χ4n) is 3.85. The summed E-state index contributed by atoms with van der Waals surface area (Å²) in [5, 5.41) is 32.1. The van der Waals surface area contributed by atoms with Crippen LogP contribution >= 0.6 is 35.8 Å². The maximum Gasteiger partial charge on any atom is 0.328 e. The molecule has 2 heterocycles. The minimum atomic E-state index is -1.26. The second kappa shape index (κ2) is 18.8. The standard InChI is InChI=1S/C20H24ClN3S.2C4H4O4.ClH/c1-22-11-13-23(14-12-22)9-4-10-24-17-5-2-3-6-19(17)25-20-8-7-16(21)15-18(20)24;2*5-3(6)1-2-4(7)8;/h2-3,5-8,15H,4,9-14H2,1H3;2*1-2H,(H,5,6)(H,7,8);1H/b;2*2-1-;.